The van der Waals surface area contributed by atoms with Crippen LogP contribution in [0.2, 0.25) is 0 Å². The van der Waals surface area contributed by atoms with E-state index in [0.29, 0.717) is 0 Å². The molecule has 0 aromatic carbocycles. The normalized spacial score (nSPS) is 11.2. The van der Waals surface area contributed by atoms with Crippen molar-refractivity contribution in [2.24, 2.45) is 5.10 Å². The molecule has 15 heavy (non-hydrogen) atoms. The first kappa shape index (κ1) is 12.1. The van der Waals surface area contributed by atoms with Crippen molar-refractivity contribution in [3.05, 3.63) is 22.4 Å². The van der Waals surface area contributed by atoms with Crippen molar-refractivity contribution >= 4 is 34.2 Å². The maximum absolute atomic E-state index is 10.8. The van der Waals surface area contributed by atoms with Crippen LogP contribution in [-0.4, -0.2) is 24.5 Å². The van der Waals surface area contributed by atoms with E-state index in [4.69, 9.17) is 0 Å². The molecular weight excluding hydrogens is 232 g/mol. The van der Waals surface area contributed by atoms with Gasteiger partial charge in [-0.1, -0.05) is 6.07 Å². The van der Waals surface area contributed by atoms with E-state index in [1.54, 1.807) is 11.3 Å². The number of hydrogen-bond acceptors (Lipinski definition) is 5. The number of carbonyl (C=O) groups excluding carboxylic acids is 1. The van der Waals surface area contributed by atoms with E-state index in [9.17, 15) is 4.79 Å². The molecule has 1 amide bonds. The van der Waals surface area contributed by atoms with Crippen LogP contribution < -0.4 is 5.43 Å². The average Bonchev–Trinajstić information content (AvgIpc) is 2.76. The molecule has 0 aliphatic heterocycles. The zero-order chi connectivity index (χ0) is 11.1. The average molecular weight is 244 g/mol. The Hall–Kier alpha value is -1.01. The molecule has 0 unspecified atom stereocenters. The molecule has 1 heterocycles. The monoisotopic (exact) mass is 244 g/mol. The zero-order valence-electron chi connectivity index (χ0n) is 8.52. The summed E-state index contributed by atoms with van der Waals surface area (Å²) in [7, 11) is 1.31. The fourth-order valence-electron chi connectivity index (χ4n) is 0.873. The molecule has 0 bridgehead atoms. The summed E-state index contributed by atoms with van der Waals surface area (Å²) >= 11 is 3.18. The van der Waals surface area contributed by atoms with E-state index in [1.807, 2.05) is 23.8 Å². The van der Waals surface area contributed by atoms with E-state index in [-0.39, 0.29) is 0 Å². The standard InChI is InChI=1S/C9H12N2O2S2/c1-13-9(12)11-10-8(14-2)6-7-4-3-5-15-7/h3-5H,6H2,1-2H3,(H,11,12)/b10-8-. The van der Waals surface area contributed by atoms with Gasteiger partial charge in [0.25, 0.3) is 0 Å². The summed E-state index contributed by atoms with van der Waals surface area (Å²) in [5, 5.41) is 6.81. The second-order valence-electron chi connectivity index (χ2n) is 2.57. The summed E-state index contributed by atoms with van der Waals surface area (Å²) < 4.78 is 4.42. The zero-order valence-corrected chi connectivity index (χ0v) is 10.2. The van der Waals surface area contributed by atoms with E-state index in [1.165, 1.54) is 23.7 Å². The molecule has 4 nitrogen and oxygen atoms in total. The smallest absolute Gasteiger partial charge is 0.427 e. The molecule has 0 aliphatic rings. The Morgan fingerprint density at radius 2 is 2.53 bits per heavy atom. The number of thiophene rings is 1. The molecule has 0 spiro atoms. The lowest BCUT2D eigenvalue weighted by Crippen LogP contribution is -2.18. The van der Waals surface area contributed by atoms with Crippen LogP contribution in [0.1, 0.15) is 4.88 Å². The minimum Gasteiger partial charge on any atom is -0.452 e. The van der Waals surface area contributed by atoms with Gasteiger partial charge in [0.2, 0.25) is 0 Å². The van der Waals surface area contributed by atoms with Crippen molar-refractivity contribution in [2.75, 3.05) is 13.4 Å². The van der Waals surface area contributed by atoms with Gasteiger partial charge in [0.15, 0.2) is 0 Å². The number of nitrogens with zero attached hydrogens (tertiary/aromatic N) is 1. The quantitative estimate of drug-likeness (QED) is 0.504. The van der Waals surface area contributed by atoms with E-state index >= 15 is 0 Å². The lowest BCUT2D eigenvalue weighted by Gasteiger charge is -2.01. The Morgan fingerprint density at radius 1 is 1.73 bits per heavy atom. The summed E-state index contributed by atoms with van der Waals surface area (Å²) in [4.78, 5) is 12.0. The van der Waals surface area contributed by atoms with Crippen molar-refractivity contribution in [3.8, 4) is 0 Å². The van der Waals surface area contributed by atoms with Crippen molar-refractivity contribution in [1.29, 1.82) is 0 Å². The van der Waals surface area contributed by atoms with Gasteiger partial charge in [0.1, 0.15) is 0 Å². The summed E-state index contributed by atoms with van der Waals surface area (Å²) in [6.07, 6.45) is 2.11. The number of hydrogen-bond donors (Lipinski definition) is 1. The Balaban J connectivity index is 2.52. The van der Waals surface area contributed by atoms with E-state index in [2.05, 4.69) is 15.3 Å². The molecule has 1 aromatic heterocycles. The topological polar surface area (TPSA) is 50.7 Å². The van der Waals surface area contributed by atoms with Crippen molar-refractivity contribution in [3.63, 3.8) is 0 Å². The van der Waals surface area contributed by atoms with Gasteiger partial charge in [-0.25, -0.2) is 10.2 Å². The summed E-state index contributed by atoms with van der Waals surface area (Å²) in [6.45, 7) is 0. The van der Waals surface area contributed by atoms with Gasteiger partial charge >= 0.3 is 6.09 Å². The van der Waals surface area contributed by atoms with Gasteiger partial charge in [-0.15, -0.1) is 23.1 Å². The van der Waals surface area contributed by atoms with E-state index < -0.39 is 6.09 Å². The lowest BCUT2D eigenvalue weighted by molar-refractivity contribution is 0.171. The van der Waals surface area contributed by atoms with Gasteiger partial charge in [-0.05, 0) is 17.7 Å². The lowest BCUT2D eigenvalue weighted by atomic mass is 10.4. The summed E-state index contributed by atoms with van der Waals surface area (Å²) in [6, 6.07) is 4.03. The molecule has 82 valence electrons. The minimum atomic E-state index is -0.548. The fraction of sp³-hybridized carbons (Fsp3) is 0.333. The Labute approximate surface area is 96.7 Å². The van der Waals surface area contributed by atoms with Crippen LogP contribution in [0, 0.1) is 0 Å². The molecule has 1 rings (SSSR count). The summed E-state index contributed by atoms with van der Waals surface area (Å²) in [5.74, 6) is 0. The number of methoxy groups -OCH3 is 1. The number of ether oxygens (including phenoxy) is 1. The molecule has 1 N–H and O–H groups in total. The number of nitrogens with one attached hydrogen (secondary N) is 1. The number of carbonyl (C=O) groups is 1. The Bertz CT molecular complexity index is 336. The number of rotatable bonds is 3. The Morgan fingerprint density at radius 3 is 3.07 bits per heavy atom. The second kappa shape index (κ2) is 6.47. The van der Waals surface area contributed by atoms with Gasteiger partial charge in [0.05, 0.1) is 12.2 Å². The van der Waals surface area contributed by atoms with Crippen LogP contribution in [0.3, 0.4) is 0 Å². The van der Waals surface area contributed by atoms with Crippen LogP contribution in [0.5, 0.6) is 0 Å². The number of hydrazone groups is 1. The predicted molar refractivity (Wildman–Crippen MR) is 64.5 cm³/mol. The Kier molecular flexibility index (Phi) is 5.20. The first-order valence-corrected chi connectivity index (χ1v) is 6.33. The van der Waals surface area contributed by atoms with Crippen LogP contribution in [0.25, 0.3) is 0 Å². The fourth-order valence-corrected chi connectivity index (χ4v) is 2.11. The number of thioether (sulfide) groups is 1. The maximum Gasteiger partial charge on any atom is 0.427 e. The van der Waals surface area contributed by atoms with Gasteiger partial charge in [-0.2, -0.15) is 5.10 Å². The molecule has 0 fully saturated rings. The second-order valence-corrected chi connectivity index (χ2v) is 4.48. The third-order valence-electron chi connectivity index (χ3n) is 1.60. The third kappa shape index (κ3) is 4.35. The first-order valence-electron chi connectivity index (χ1n) is 4.23. The van der Waals surface area contributed by atoms with Crippen molar-refractivity contribution < 1.29 is 9.53 Å². The molecule has 0 aliphatic carbocycles. The van der Waals surface area contributed by atoms with Crippen LogP contribution in [0.4, 0.5) is 4.79 Å². The highest BCUT2D eigenvalue weighted by Gasteiger charge is 2.02. The first-order chi connectivity index (χ1) is 7.26. The van der Waals surface area contributed by atoms with Crippen LogP contribution in [-0.2, 0) is 11.2 Å². The van der Waals surface area contributed by atoms with Crippen molar-refractivity contribution in [2.45, 2.75) is 6.42 Å². The predicted octanol–water partition coefficient (Wildman–Crippen LogP) is 2.32. The number of amides is 1. The summed E-state index contributed by atoms with van der Waals surface area (Å²) in [5.41, 5.74) is 2.31. The highest BCUT2D eigenvalue weighted by Crippen LogP contribution is 2.13. The van der Waals surface area contributed by atoms with Crippen molar-refractivity contribution in [1.82, 2.24) is 5.43 Å². The molecule has 0 saturated heterocycles. The highest BCUT2D eigenvalue weighted by atomic mass is 32.2. The largest absolute Gasteiger partial charge is 0.452 e. The highest BCUT2D eigenvalue weighted by molar-refractivity contribution is 8.13. The van der Waals surface area contributed by atoms with E-state index in [0.717, 1.165) is 11.5 Å². The molecule has 0 saturated carbocycles. The van der Waals surface area contributed by atoms with Gasteiger partial charge in [-0.3, -0.25) is 0 Å². The van der Waals surface area contributed by atoms with Gasteiger partial charge in [0, 0.05) is 11.3 Å². The van der Waals surface area contributed by atoms with Gasteiger partial charge < -0.3 is 4.74 Å². The molecular formula is C9H12N2O2S2. The molecule has 0 radical (unpaired) electrons. The minimum absolute atomic E-state index is 0.548. The maximum atomic E-state index is 10.8. The van der Waals surface area contributed by atoms with Crippen LogP contribution >= 0.6 is 23.1 Å². The third-order valence-corrected chi connectivity index (χ3v) is 3.18. The SMILES string of the molecule is COC(=O)N/N=C(/Cc1cccs1)SC. The molecule has 1 aromatic rings. The molecule has 0 atom stereocenters. The molecule has 6 heteroatoms. The van der Waals surface area contributed by atoms with Crippen LogP contribution in [0.15, 0.2) is 22.6 Å².